The summed E-state index contributed by atoms with van der Waals surface area (Å²) in [4.78, 5) is 17.2. The Morgan fingerprint density at radius 3 is 3.16 bits per heavy atom. The summed E-state index contributed by atoms with van der Waals surface area (Å²) in [7, 11) is 0. The molecule has 0 spiro atoms. The van der Waals surface area contributed by atoms with Gasteiger partial charge in [0.1, 0.15) is 0 Å². The van der Waals surface area contributed by atoms with E-state index in [0.29, 0.717) is 12.3 Å². The molecule has 1 aliphatic heterocycles. The highest BCUT2D eigenvalue weighted by Crippen LogP contribution is 2.22. The fourth-order valence-corrected chi connectivity index (χ4v) is 2.77. The number of carboxylic acids is 1. The number of aliphatic carboxylic acids is 1. The number of nitrogens with zero attached hydrogens (tertiary/aromatic N) is 3. The van der Waals surface area contributed by atoms with Gasteiger partial charge >= 0.3 is 5.97 Å². The summed E-state index contributed by atoms with van der Waals surface area (Å²) in [5.74, 6) is -0.141. The van der Waals surface area contributed by atoms with Crippen LogP contribution in [0.4, 0.5) is 0 Å². The molecule has 0 bridgehead atoms. The molecule has 106 valence electrons. The summed E-state index contributed by atoms with van der Waals surface area (Å²) in [6, 6.07) is 0. The van der Waals surface area contributed by atoms with Gasteiger partial charge in [0.15, 0.2) is 0 Å². The van der Waals surface area contributed by atoms with E-state index in [9.17, 15) is 4.79 Å². The fraction of sp³-hybridized carbons (Fsp3) is 0.714. The van der Waals surface area contributed by atoms with Gasteiger partial charge in [-0.15, -0.1) is 0 Å². The monoisotopic (exact) mass is 265 g/mol. The average Bonchev–Trinajstić information content (AvgIpc) is 2.98. The summed E-state index contributed by atoms with van der Waals surface area (Å²) in [6.45, 7) is 6.21. The van der Waals surface area contributed by atoms with Gasteiger partial charge in [-0.1, -0.05) is 6.92 Å². The normalized spacial score (nSPS) is 19.9. The molecule has 19 heavy (non-hydrogen) atoms. The first-order valence-electron chi connectivity index (χ1n) is 7.12. The molecule has 5 heteroatoms. The SMILES string of the molecule is CCCn1cncc1CN1CCC(CCC(=O)O)C1. The van der Waals surface area contributed by atoms with Crippen LogP contribution in [0, 0.1) is 5.92 Å². The Kier molecular flexibility index (Phi) is 4.96. The summed E-state index contributed by atoms with van der Waals surface area (Å²) < 4.78 is 2.21. The third-order valence-corrected chi connectivity index (χ3v) is 3.79. The smallest absolute Gasteiger partial charge is 0.303 e. The Labute approximate surface area is 114 Å². The van der Waals surface area contributed by atoms with Gasteiger partial charge in [0.2, 0.25) is 0 Å². The molecule has 1 N–H and O–H groups in total. The zero-order valence-corrected chi connectivity index (χ0v) is 11.6. The van der Waals surface area contributed by atoms with Crippen LogP contribution in [0.5, 0.6) is 0 Å². The highest BCUT2D eigenvalue weighted by molar-refractivity contribution is 5.66. The highest BCUT2D eigenvalue weighted by atomic mass is 16.4. The van der Waals surface area contributed by atoms with Crippen LogP contribution in [0.15, 0.2) is 12.5 Å². The van der Waals surface area contributed by atoms with Crippen LogP contribution < -0.4 is 0 Å². The second-order valence-corrected chi connectivity index (χ2v) is 5.40. The molecule has 1 aromatic rings. The molecular formula is C14H23N3O2. The van der Waals surface area contributed by atoms with Crippen molar-refractivity contribution >= 4 is 5.97 Å². The lowest BCUT2D eigenvalue weighted by Gasteiger charge is -2.17. The second kappa shape index (κ2) is 6.70. The minimum Gasteiger partial charge on any atom is -0.481 e. The predicted molar refractivity (Wildman–Crippen MR) is 72.8 cm³/mol. The van der Waals surface area contributed by atoms with Crippen molar-refractivity contribution in [3.63, 3.8) is 0 Å². The minimum atomic E-state index is -0.681. The molecule has 2 rings (SSSR count). The maximum Gasteiger partial charge on any atom is 0.303 e. The number of hydrogen-bond donors (Lipinski definition) is 1. The zero-order valence-electron chi connectivity index (χ0n) is 11.6. The Bertz CT molecular complexity index is 417. The van der Waals surface area contributed by atoms with Gasteiger partial charge in [0.05, 0.1) is 12.0 Å². The van der Waals surface area contributed by atoms with Crippen LogP contribution in [0.25, 0.3) is 0 Å². The van der Waals surface area contributed by atoms with Gasteiger partial charge in [-0.3, -0.25) is 9.69 Å². The van der Waals surface area contributed by atoms with Crippen LogP contribution in [0.1, 0.15) is 38.3 Å². The Hall–Kier alpha value is -1.36. The average molecular weight is 265 g/mol. The number of likely N-dealkylation sites (tertiary alicyclic amines) is 1. The van der Waals surface area contributed by atoms with E-state index in [2.05, 4.69) is 21.4 Å². The molecule has 2 heterocycles. The zero-order chi connectivity index (χ0) is 13.7. The Balaban J connectivity index is 1.81. The van der Waals surface area contributed by atoms with Crippen LogP contribution in [-0.4, -0.2) is 38.6 Å². The van der Waals surface area contributed by atoms with Crippen molar-refractivity contribution in [2.24, 2.45) is 5.92 Å². The quantitative estimate of drug-likeness (QED) is 0.819. The lowest BCUT2D eigenvalue weighted by atomic mass is 10.0. The number of carboxylic acid groups (broad SMARTS) is 1. The molecule has 1 fully saturated rings. The van der Waals surface area contributed by atoms with Crippen LogP contribution >= 0.6 is 0 Å². The summed E-state index contributed by atoms with van der Waals surface area (Å²) in [5.41, 5.74) is 1.26. The molecule has 1 saturated heterocycles. The number of hydrogen-bond acceptors (Lipinski definition) is 3. The van der Waals surface area contributed by atoms with Gasteiger partial charge in [0, 0.05) is 32.3 Å². The molecule has 0 radical (unpaired) electrons. The van der Waals surface area contributed by atoms with Crippen molar-refractivity contribution in [3.05, 3.63) is 18.2 Å². The van der Waals surface area contributed by atoms with E-state index in [1.807, 2.05) is 12.5 Å². The van der Waals surface area contributed by atoms with Crippen molar-refractivity contribution in [2.45, 2.75) is 45.7 Å². The molecule has 0 amide bonds. The molecule has 0 aliphatic carbocycles. The standard InChI is InChI=1S/C14H23N3O2/c1-2-6-17-11-15-8-13(17)10-16-7-5-12(9-16)3-4-14(18)19/h8,11-12H,2-7,9-10H2,1H3,(H,18,19). The van der Waals surface area contributed by atoms with E-state index in [1.54, 1.807) is 0 Å². The molecule has 0 saturated carbocycles. The van der Waals surface area contributed by atoms with Crippen LogP contribution in [0.3, 0.4) is 0 Å². The van der Waals surface area contributed by atoms with E-state index in [0.717, 1.165) is 45.4 Å². The number of aromatic nitrogens is 2. The topological polar surface area (TPSA) is 58.4 Å². The minimum absolute atomic E-state index is 0.298. The number of imidazole rings is 1. The largest absolute Gasteiger partial charge is 0.481 e. The number of rotatable bonds is 7. The van der Waals surface area contributed by atoms with E-state index in [4.69, 9.17) is 5.11 Å². The number of aryl methyl sites for hydroxylation is 1. The van der Waals surface area contributed by atoms with E-state index in [1.165, 1.54) is 5.69 Å². The Morgan fingerprint density at radius 1 is 1.58 bits per heavy atom. The van der Waals surface area contributed by atoms with Crippen molar-refractivity contribution in [1.82, 2.24) is 14.5 Å². The molecular weight excluding hydrogens is 242 g/mol. The van der Waals surface area contributed by atoms with Gasteiger partial charge < -0.3 is 9.67 Å². The van der Waals surface area contributed by atoms with E-state index in [-0.39, 0.29) is 0 Å². The first kappa shape index (κ1) is 14.1. The van der Waals surface area contributed by atoms with Crippen molar-refractivity contribution in [3.8, 4) is 0 Å². The molecule has 0 aromatic carbocycles. The molecule has 1 aromatic heterocycles. The second-order valence-electron chi connectivity index (χ2n) is 5.40. The first-order chi connectivity index (χ1) is 9.19. The van der Waals surface area contributed by atoms with Crippen molar-refractivity contribution in [2.75, 3.05) is 13.1 Å². The third-order valence-electron chi connectivity index (χ3n) is 3.79. The van der Waals surface area contributed by atoms with Gasteiger partial charge in [-0.2, -0.15) is 0 Å². The first-order valence-corrected chi connectivity index (χ1v) is 7.12. The predicted octanol–water partition coefficient (Wildman–Crippen LogP) is 1.98. The van der Waals surface area contributed by atoms with Gasteiger partial charge in [0.25, 0.3) is 0 Å². The van der Waals surface area contributed by atoms with Crippen LogP contribution in [-0.2, 0) is 17.9 Å². The maximum absolute atomic E-state index is 10.6. The molecule has 1 unspecified atom stereocenters. The van der Waals surface area contributed by atoms with E-state index >= 15 is 0 Å². The van der Waals surface area contributed by atoms with Crippen LogP contribution in [0.2, 0.25) is 0 Å². The highest BCUT2D eigenvalue weighted by Gasteiger charge is 2.23. The van der Waals surface area contributed by atoms with E-state index < -0.39 is 5.97 Å². The molecule has 5 nitrogen and oxygen atoms in total. The summed E-state index contributed by atoms with van der Waals surface area (Å²) in [5, 5.41) is 8.72. The van der Waals surface area contributed by atoms with Gasteiger partial charge in [-0.25, -0.2) is 4.98 Å². The Morgan fingerprint density at radius 2 is 2.42 bits per heavy atom. The summed E-state index contributed by atoms with van der Waals surface area (Å²) >= 11 is 0. The summed E-state index contributed by atoms with van der Waals surface area (Å²) in [6.07, 6.45) is 7.18. The van der Waals surface area contributed by atoms with Crippen molar-refractivity contribution in [1.29, 1.82) is 0 Å². The maximum atomic E-state index is 10.6. The third kappa shape index (κ3) is 4.06. The van der Waals surface area contributed by atoms with Gasteiger partial charge in [-0.05, 0) is 31.7 Å². The fourth-order valence-electron chi connectivity index (χ4n) is 2.77. The lowest BCUT2D eigenvalue weighted by Crippen LogP contribution is -2.22. The number of carbonyl (C=O) groups is 1. The molecule has 1 aliphatic rings. The molecule has 1 atom stereocenters. The van der Waals surface area contributed by atoms with Crippen molar-refractivity contribution < 1.29 is 9.90 Å². The lowest BCUT2D eigenvalue weighted by molar-refractivity contribution is -0.137.